The number of hydrogen-bond acceptors (Lipinski definition) is 2. The van der Waals surface area contributed by atoms with Crippen LogP contribution in [0.3, 0.4) is 0 Å². The molecular weight excluding hydrogens is 378 g/mol. The Bertz CT molecular complexity index is 1260. The zero-order valence-corrected chi connectivity index (χ0v) is 19.7. The number of aromatic nitrogens is 3. The highest BCUT2D eigenvalue weighted by Gasteiger charge is 2.18. The smallest absolute Gasteiger partial charge is 0.213 e. The SMILES string of the molecule is Cc1cc(C)c(C)c(-c2cc3cccc(-c4cnc(CC(C)(C)C)cn4)c3c[n+]2C)c1. The predicted molar refractivity (Wildman–Crippen MR) is 129 cm³/mol. The van der Waals surface area contributed by atoms with E-state index >= 15 is 0 Å². The molecule has 0 aliphatic carbocycles. The topological polar surface area (TPSA) is 29.7 Å². The molecule has 0 aliphatic rings. The fraction of sp³-hybridized carbons (Fsp3) is 0.321. The van der Waals surface area contributed by atoms with Crippen LogP contribution < -0.4 is 4.57 Å². The molecule has 3 heteroatoms. The molecule has 0 amide bonds. The Morgan fingerprint density at radius 3 is 2.35 bits per heavy atom. The van der Waals surface area contributed by atoms with Crippen molar-refractivity contribution in [2.24, 2.45) is 12.5 Å². The Balaban J connectivity index is 1.81. The minimum absolute atomic E-state index is 0.200. The maximum absolute atomic E-state index is 4.76. The first kappa shape index (κ1) is 21.2. The molecule has 0 bridgehead atoms. The van der Waals surface area contributed by atoms with E-state index in [4.69, 9.17) is 9.97 Å². The van der Waals surface area contributed by atoms with Crippen molar-refractivity contribution in [1.29, 1.82) is 0 Å². The lowest BCUT2D eigenvalue weighted by atomic mass is 9.91. The molecule has 2 heterocycles. The molecule has 31 heavy (non-hydrogen) atoms. The molecule has 0 atom stereocenters. The molecule has 0 aliphatic heterocycles. The minimum atomic E-state index is 0.200. The van der Waals surface area contributed by atoms with E-state index in [1.807, 2.05) is 12.4 Å². The summed E-state index contributed by atoms with van der Waals surface area (Å²) in [6, 6.07) is 13.3. The second kappa shape index (κ2) is 7.88. The molecule has 0 radical (unpaired) electrons. The van der Waals surface area contributed by atoms with Crippen LogP contribution in [0.2, 0.25) is 0 Å². The first-order valence-corrected chi connectivity index (χ1v) is 10.9. The van der Waals surface area contributed by atoms with E-state index in [1.54, 1.807) is 0 Å². The third-order valence-corrected chi connectivity index (χ3v) is 5.92. The lowest BCUT2D eigenvalue weighted by Crippen LogP contribution is -2.30. The molecule has 3 nitrogen and oxygen atoms in total. The summed E-state index contributed by atoms with van der Waals surface area (Å²) in [7, 11) is 2.13. The van der Waals surface area contributed by atoms with Gasteiger partial charge in [-0.05, 0) is 55.2 Å². The highest BCUT2D eigenvalue weighted by molar-refractivity contribution is 5.96. The van der Waals surface area contributed by atoms with Crippen LogP contribution in [0.25, 0.3) is 33.3 Å². The number of nitrogens with zero attached hydrogens (tertiary/aromatic N) is 3. The third-order valence-electron chi connectivity index (χ3n) is 5.92. The molecular formula is C28H32N3+. The van der Waals surface area contributed by atoms with Crippen LogP contribution in [0.5, 0.6) is 0 Å². The van der Waals surface area contributed by atoms with Gasteiger partial charge >= 0.3 is 0 Å². The number of fused-ring (bicyclic) bond motifs is 1. The van der Waals surface area contributed by atoms with E-state index in [9.17, 15) is 0 Å². The van der Waals surface area contributed by atoms with Gasteiger partial charge in [0.15, 0.2) is 6.20 Å². The maximum Gasteiger partial charge on any atom is 0.213 e. The summed E-state index contributed by atoms with van der Waals surface area (Å²) in [5, 5.41) is 2.40. The van der Waals surface area contributed by atoms with Gasteiger partial charge in [-0.15, -0.1) is 0 Å². The van der Waals surface area contributed by atoms with Crippen LogP contribution in [-0.2, 0) is 13.5 Å². The quantitative estimate of drug-likeness (QED) is 0.371. The summed E-state index contributed by atoms with van der Waals surface area (Å²) >= 11 is 0. The molecule has 0 fully saturated rings. The number of pyridine rings is 1. The van der Waals surface area contributed by atoms with Gasteiger partial charge in [0, 0.05) is 23.4 Å². The number of aryl methyl sites for hydroxylation is 3. The van der Waals surface area contributed by atoms with E-state index in [2.05, 4.69) is 95.8 Å². The van der Waals surface area contributed by atoms with Crippen LogP contribution in [0.1, 0.15) is 43.2 Å². The number of hydrogen-bond donors (Lipinski definition) is 0. The van der Waals surface area contributed by atoms with Gasteiger partial charge in [-0.1, -0.05) is 50.6 Å². The summed E-state index contributed by atoms with van der Waals surface area (Å²) in [4.78, 5) is 9.46. The average molecular weight is 411 g/mol. The minimum Gasteiger partial charge on any atom is -0.257 e. The van der Waals surface area contributed by atoms with Crippen molar-refractivity contribution in [1.82, 2.24) is 9.97 Å². The van der Waals surface area contributed by atoms with Crippen molar-refractivity contribution in [3.8, 4) is 22.5 Å². The van der Waals surface area contributed by atoms with E-state index in [0.717, 1.165) is 23.4 Å². The Morgan fingerprint density at radius 1 is 0.903 bits per heavy atom. The molecule has 4 rings (SSSR count). The lowest BCUT2D eigenvalue weighted by molar-refractivity contribution is -0.659. The van der Waals surface area contributed by atoms with Crippen molar-refractivity contribution in [2.75, 3.05) is 0 Å². The average Bonchev–Trinajstić information content (AvgIpc) is 2.69. The Hall–Kier alpha value is -3.07. The molecule has 0 saturated carbocycles. The van der Waals surface area contributed by atoms with E-state index in [1.165, 1.54) is 38.7 Å². The highest BCUT2D eigenvalue weighted by Crippen LogP contribution is 2.31. The van der Waals surface area contributed by atoms with Gasteiger partial charge < -0.3 is 0 Å². The first-order valence-electron chi connectivity index (χ1n) is 10.9. The fourth-order valence-corrected chi connectivity index (χ4v) is 4.29. The predicted octanol–water partition coefficient (Wildman–Crippen LogP) is 6.30. The maximum atomic E-state index is 4.76. The van der Waals surface area contributed by atoms with Crippen LogP contribution in [-0.4, -0.2) is 9.97 Å². The largest absolute Gasteiger partial charge is 0.257 e. The second-order valence-electron chi connectivity index (χ2n) is 9.96. The van der Waals surface area contributed by atoms with Gasteiger partial charge in [0.05, 0.1) is 23.0 Å². The van der Waals surface area contributed by atoms with E-state index in [0.29, 0.717) is 0 Å². The summed E-state index contributed by atoms with van der Waals surface area (Å²) in [5.41, 5.74) is 9.73. The Kier molecular flexibility index (Phi) is 5.38. The standard InChI is InChI=1S/C28H32N3/c1-18-11-19(2)20(3)24(12-18)27-13-21-9-8-10-23(25(21)17-31(27)7)26-16-29-22(15-30-26)14-28(4,5)6/h8-13,15-17H,14H2,1-7H3/q+1. The highest BCUT2D eigenvalue weighted by atomic mass is 14.9. The summed E-state index contributed by atoms with van der Waals surface area (Å²) < 4.78 is 2.23. The van der Waals surface area contributed by atoms with Gasteiger partial charge in [-0.3, -0.25) is 9.97 Å². The zero-order chi connectivity index (χ0) is 22.3. The first-order chi connectivity index (χ1) is 14.6. The third kappa shape index (κ3) is 4.36. The molecule has 0 spiro atoms. The molecule has 158 valence electrons. The van der Waals surface area contributed by atoms with Gasteiger partial charge in [0.25, 0.3) is 0 Å². The van der Waals surface area contributed by atoms with Gasteiger partial charge in [0.1, 0.15) is 7.05 Å². The number of rotatable bonds is 3. The van der Waals surface area contributed by atoms with Crippen molar-refractivity contribution < 1.29 is 4.57 Å². The summed E-state index contributed by atoms with van der Waals surface area (Å²) in [6.45, 7) is 13.2. The van der Waals surface area contributed by atoms with Crippen LogP contribution >= 0.6 is 0 Å². The van der Waals surface area contributed by atoms with E-state index in [-0.39, 0.29) is 5.41 Å². The Labute approximate surface area is 185 Å². The molecule has 2 aromatic heterocycles. The molecule has 0 N–H and O–H groups in total. The van der Waals surface area contributed by atoms with Crippen LogP contribution in [0.15, 0.2) is 55.0 Å². The van der Waals surface area contributed by atoms with E-state index < -0.39 is 0 Å². The van der Waals surface area contributed by atoms with Crippen molar-refractivity contribution in [2.45, 2.75) is 48.0 Å². The lowest BCUT2D eigenvalue weighted by Gasteiger charge is -2.17. The van der Waals surface area contributed by atoms with Gasteiger partial charge in [-0.25, -0.2) is 4.57 Å². The second-order valence-corrected chi connectivity index (χ2v) is 9.96. The monoisotopic (exact) mass is 410 g/mol. The summed E-state index contributed by atoms with van der Waals surface area (Å²) in [5.74, 6) is 0. The fourth-order valence-electron chi connectivity index (χ4n) is 4.29. The van der Waals surface area contributed by atoms with Gasteiger partial charge in [0.2, 0.25) is 5.69 Å². The van der Waals surface area contributed by atoms with Gasteiger partial charge in [-0.2, -0.15) is 0 Å². The normalized spacial score (nSPS) is 11.8. The molecule has 4 aromatic rings. The van der Waals surface area contributed by atoms with Crippen molar-refractivity contribution in [3.05, 3.63) is 77.4 Å². The number of benzene rings is 2. The van der Waals surface area contributed by atoms with Crippen LogP contribution in [0.4, 0.5) is 0 Å². The van der Waals surface area contributed by atoms with Crippen molar-refractivity contribution >= 4 is 10.8 Å². The van der Waals surface area contributed by atoms with Crippen molar-refractivity contribution in [3.63, 3.8) is 0 Å². The Morgan fingerprint density at radius 2 is 1.68 bits per heavy atom. The zero-order valence-electron chi connectivity index (χ0n) is 19.7. The molecule has 2 aromatic carbocycles. The summed E-state index contributed by atoms with van der Waals surface area (Å²) in [6.07, 6.45) is 6.98. The molecule has 0 saturated heterocycles. The molecule has 0 unspecified atom stereocenters. The van der Waals surface area contributed by atoms with Crippen LogP contribution in [0, 0.1) is 26.2 Å².